The molecule has 0 saturated carbocycles. The second kappa shape index (κ2) is 5.87. The number of halogens is 1. The van der Waals surface area contributed by atoms with Crippen LogP contribution in [0.3, 0.4) is 0 Å². The second-order valence-electron chi connectivity index (χ2n) is 4.89. The largest absolute Gasteiger partial charge is 0.368 e. The fraction of sp³-hybridized carbons (Fsp3) is 0.571. The van der Waals surface area contributed by atoms with E-state index in [1.807, 2.05) is 0 Å². The summed E-state index contributed by atoms with van der Waals surface area (Å²) in [4.78, 5) is 2.53. The summed E-state index contributed by atoms with van der Waals surface area (Å²) in [6.07, 6.45) is 2.42. The van der Waals surface area contributed by atoms with E-state index in [1.54, 1.807) is 0 Å². The molecule has 1 aliphatic rings. The maximum absolute atomic E-state index is 3.70. The number of aryl methyl sites for hydroxylation is 1. The molecule has 1 atom stereocenters. The topological polar surface area (TPSA) is 15.3 Å². The molecular formula is C14H21BrN2. The third-order valence-electron chi connectivity index (χ3n) is 3.44. The molecule has 1 saturated heterocycles. The average molecular weight is 297 g/mol. The van der Waals surface area contributed by atoms with Gasteiger partial charge in [-0.05, 0) is 73.4 Å². The highest BCUT2D eigenvalue weighted by Crippen LogP contribution is 2.29. The predicted molar refractivity (Wildman–Crippen MR) is 77.8 cm³/mol. The molecule has 94 valence electrons. The molecule has 1 heterocycles. The van der Waals surface area contributed by atoms with Gasteiger partial charge in [-0.15, -0.1) is 0 Å². The van der Waals surface area contributed by atoms with Gasteiger partial charge in [-0.25, -0.2) is 0 Å². The normalized spacial score (nSPS) is 22.1. The van der Waals surface area contributed by atoms with E-state index >= 15 is 0 Å². The van der Waals surface area contributed by atoms with Gasteiger partial charge in [0.15, 0.2) is 0 Å². The Morgan fingerprint density at radius 1 is 1.35 bits per heavy atom. The van der Waals surface area contributed by atoms with Gasteiger partial charge in [0.2, 0.25) is 0 Å². The molecule has 2 rings (SSSR count). The molecule has 1 aromatic rings. The van der Waals surface area contributed by atoms with Gasteiger partial charge >= 0.3 is 0 Å². The van der Waals surface area contributed by atoms with Gasteiger partial charge in [0.1, 0.15) is 0 Å². The van der Waals surface area contributed by atoms with Crippen LogP contribution in [0.15, 0.2) is 22.7 Å². The average Bonchev–Trinajstić information content (AvgIpc) is 2.26. The number of nitrogens with one attached hydrogen (secondary N) is 1. The quantitative estimate of drug-likeness (QED) is 0.855. The Morgan fingerprint density at radius 2 is 2.18 bits per heavy atom. The summed E-state index contributed by atoms with van der Waals surface area (Å²) in [5.74, 6) is 0. The summed E-state index contributed by atoms with van der Waals surface area (Å²) < 4.78 is 1.22. The first-order valence-electron chi connectivity index (χ1n) is 6.42. The van der Waals surface area contributed by atoms with E-state index in [0.717, 1.165) is 19.6 Å². The molecule has 1 aliphatic heterocycles. The van der Waals surface area contributed by atoms with Crippen molar-refractivity contribution >= 4 is 21.6 Å². The Bertz CT molecular complexity index is 378. The zero-order valence-corrected chi connectivity index (χ0v) is 12.3. The van der Waals surface area contributed by atoms with Gasteiger partial charge in [0.05, 0.1) is 5.69 Å². The van der Waals surface area contributed by atoms with Crippen molar-refractivity contribution in [3.8, 4) is 0 Å². The lowest BCUT2D eigenvalue weighted by Gasteiger charge is -2.34. The standard InChI is InChI=1S/C14H21BrN2/c1-11-4-5-14(13(15)10-11)17-9-3-7-16-8-6-12(17)2/h4-5,10,12,16H,3,6-9H2,1-2H3. The predicted octanol–water partition coefficient (Wildman–Crippen LogP) is 3.34. The summed E-state index contributed by atoms with van der Waals surface area (Å²) >= 11 is 3.70. The van der Waals surface area contributed by atoms with Crippen LogP contribution in [0.1, 0.15) is 25.3 Å². The molecule has 2 nitrogen and oxygen atoms in total. The highest BCUT2D eigenvalue weighted by Gasteiger charge is 2.17. The molecule has 0 spiro atoms. The molecule has 0 amide bonds. The number of hydrogen-bond acceptors (Lipinski definition) is 2. The fourth-order valence-electron chi connectivity index (χ4n) is 2.39. The van der Waals surface area contributed by atoms with E-state index in [4.69, 9.17) is 0 Å². The third kappa shape index (κ3) is 3.23. The molecule has 1 aromatic carbocycles. The van der Waals surface area contributed by atoms with Crippen LogP contribution in [0.2, 0.25) is 0 Å². The maximum Gasteiger partial charge on any atom is 0.0513 e. The minimum Gasteiger partial charge on any atom is -0.368 e. The molecule has 1 fully saturated rings. The first-order valence-corrected chi connectivity index (χ1v) is 7.21. The Hall–Kier alpha value is -0.540. The number of rotatable bonds is 1. The van der Waals surface area contributed by atoms with E-state index in [2.05, 4.69) is 58.2 Å². The smallest absolute Gasteiger partial charge is 0.0513 e. The lowest BCUT2D eigenvalue weighted by atomic mass is 10.1. The van der Waals surface area contributed by atoms with Crippen LogP contribution in [0.25, 0.3) is 0 Å². The van der Waals surface area contributed by atoms with Crippen LogP contribution in [0, 0.1) is 6.92 Å². The highest BCUT2D eigenvalue weighted by atomic mass is 79.9. The fourth-order valence-corrected chi connectivity index (χ4v) is 3.11. The first-order chi connectivity index (χ1) is 8.18. The SMILES string of the molecule is Cc1ccc(N2CCCNCCC2C)c(Br)c1. The van der Waals surface area contributed by atoms with Crippen LogP contribution >= 0.6 is 15.9 Å². The highest BCUT2D eigenvalue weighted by molar-refractivity contribution is 9.10. The van der Waals surface area contributed by atoms with Crippen molar-refractivity contribution in [2.75, 3.05) is 24.5 Å². The molecule has 0 radical (unpaired) electrons. The van der Waals surface area contributed by atoms with Gasteiger partial charge < -0.3 is 10.2 Å². The van der Waals surface area contributed by atoms with Crippen LogP contribution in [-0.4, -0.2) is 25.7 Å². The summed E-state index contributed by atoms with van der Waals surface area (Å²) in [6, 6.07) is 7.25. The minimum atomic E-state index is 0.599. The Kier molecular flexibility index (Phi) is 4.46. The van der Waals surface area contributed by atoms with Crippen LogP contribution in [0.5, 0.6) is 0 Å². The molecule has 3 heteroatoms. The van der Waals surface area contributed by atoms with Gasteiger partial charge in [-0.2, -0.15) is 0 Å². The van der Waals surface area contributed by atoms with Gasteiger partial charge in [0.25, 0.3) is 0 Å². The van der Waals surface area contributed by atoms with Crippen molar-refractivity contribution in [1.29, 1.82) is 0 Å². The molecule has 1 N–H and O–H groups in total. The Labute approximate surface area is 113 Å². The van der Waals surface area contributed by atoms with Gasteiger partial charge in [-0.1, -0.05) is 6.07 Å². The monoisotopic (exact) mass is 296 g/mol. The number of benzene rings is 1. The zero-order chi connectivity index (χ0) is 12.3. The summed E-state index contributed by atoms with van der Waals surface area (Å²) in [5.41, 5.74) is 2.65. The van der Waals surface area contributed by atoms with E-state index in [0.29, 0.717) is 6.04 Å². The molecule has 0 bridgehead atoms. The maximum atomic E-state index is 3.70. The van der Waals surface area contributed by atoms with E-state index in [1.165, 1.54) is 28.6 Å². The van der Waals surface area contributed by atoms with E-state index in [-0.39, 0.29) is 0 Å². The molecule has 0 aromatic heterocycles. The summed E-state index contributed by atoms with van der Waals surface area (Å²) in [7, 11) is 0. The van der Waals surface area contributed by atoms with Crippen molar-refractivity contribution in [3.05, 3.63) is 28.2 Å². The molecule has 17 heavy (non-hydrogen) atoms. The van der Waals surface area contributed by atoms with Crippen molar-refractivity contribution in [2.24, 2.45) is 0 Å². The van der Waals surface area contributed by atoms with Gasteiger partial charge in [-0.3, -0.25) is 0 Å². The molecule has 0 aliphatic carbocycles. The van der Waals surface area contributed by atoms with Crippen molar-refractivity contribution in [3.63, 3.8) is 0 Å². The lowest BCUT2D eigenvalue weighted by molar-refractivity contribution is 0.499. The van der Waals surface area contributed by atoms with E-state index in [9.17, 15) is 0 Å². The number of anilines is 1. The van der Waals surface area contributed by atoms with Gasteiger partial charge in [0, 0.05) is 17.1 Å². The van der Waals surface area contributed by atoms with Crippen molar-refractivity contribution < 1.29 is 0 Å². The number of hydrogen-bond donors (Lipinski definition) is 1. The van der Waals surface area contributed by atoms with Crippen molar-refractivity contribution in [1.82, 2.24) is 5.32 Å². The lowest BCUT2D eigenvalue weighted by Crippen LogP contribution is -2.40. The summed E-state index contributed by atoms with van der Waals surface area (Å²) in [6.45, 7) is 7.85. The second-order valence-corrected chi connectivity index (χ2v) is 5.74. The van der Waals surface area contributed by atoms with Crippen LogP contribution in [-0.2, 0) is 0 Å². The summed E-state index contributed by atoms with van der Waals surface area (Å²) in [5, 5.41) is 3.48. The zero-order valence-electron chi connectivity index (χ0n) is 10.7. The Balaban J connectivity index is 2.22. The Morgan fingerprint density at radius 3 is 2.94 bits per heavy atom. The third-order valence-corrected chi connectivity index (χ3v) is 4.07. The van der Waals surface area contributed by atoms with E-state index < -0.39 is 0 Å². The number of nitrogens with zero attached hydrogens (tertiary/aromatic N) is 1. The first kappa shape index (κ1) is 12.9. The van der Waals surface area contributed by atoms with Crippen LogP contribution < -0.4 is 10.2 Å². The van der Waals surface area contributed by atoms with Crippen LogP contribution in [0.4, 0.5) is 5.69 Å². The molecular weight excluding hydrogens is 276 g/mol. The van der Waals surface area contributed by atoms with Crippen molar-refractivity contribution in [2.45, 2.75) is 32.7 Å². The minimum absolute atomic E-state index is 0.599. The molecule has 1 unspecified atom stereocenters.